The minimum atomic E-state index is -0.220. The van der Waals surface area contributed by atoms with E-state index in [0.29, 0.717) is 49.0 Å². The number of carbonyl (C=O) groups is 2. The zero-order chi connectivity index (χ0) is 26.2. The van der Waals surface area contributed by atoms with Crippen LogP contribution in [-0.2, 0) is 14.3 Å². The van der Waals surface area contributed by atoms with Gasteiger partial charge in [0.25, 0.3) is 5.91 Å². The molecule has 1 saturated heterocycles. The van der Waals surface area contributed by atoms with Crippen molar-refractivity contribution in [3.8, 4) is 0 Å². The van der Waals surface area contributed by atoms with Crippen LogP contribution in [0.3, 0.4) is 0 Å². The Morgan fingerprint density at radius 3 is 2.84 bits per heavy atom. The summed E-state index contributed by atoms with van der Waals surface area (Å²) in [5.74, 6) is 0.559. The number of anilines is 1. The molecule has 2 amide bonds. The van der Waals surface area contributed by atoms with Crippen LogP contribution >= 0.6 is 0 Å². The van der Waals surface area contributed by atoms with Gasteiger partial charge in [-0.05, 0) is 18.9 Å². The molecule has 200 valence electrons. The molecule has 12 nitrogen and oxygen atoms in total. The zero-order valence-electron chi connectivity index (χ0n) is 21.5. The van der Waals surface area contributed by atoms with E-state index >= 15 is 0 Å². The monoisotopic (exact) mass is 520 g/mol. The Morgan fingerprint density at radius 1 is 1.26 bits per heavy atom. The van der Waals surface area contributed by atoms with Crippen LogP contribution in [0.15, 0.2) is 42.4 Å². The molecule has 12 heteroatoms. The standard InChI is InChI=1S/C26H32N8O4/c1-27-22-12-20(30-25-18(14-29-34(22)25)26(36)31-19-5-6-21(19)37-2)17-13-28-24-16(17)4-3-7-33(24)15-23(35)32-8-10-38-11-9-32/h3-4,7,12-14,19,21,24,27-28H,5-6,8-11,15H2,1-2H3,(H,31,36)/t19-,21-,24?/m0/s1. The highest BCUT2D eigenvalue weighted by atomic mass is 16.5. The Hall–Kier alpha value is -3.90. The lowest BCUT2D eigenvalue weighted by Gasteiger charge is -2.35. The molecule has 0 aromatic carbocycles. The summed E-state index contributed by atoms with van der Waals surface area (Å²) >= 11 is 0. The first-order valence-electron chi connectivity index (χ1n) is 12.9. The van der Waals surface area contributed by atoms with Gasteiger partial charge in [0.2, 0.25) is 5.91 Å². The van der Waals surface area contributed by atoms with E-state index in [4.69, 9.17) is 14.5 Å². The number of fused-ring (bicyclic) bond motifs is 2. The zero-order valence-corrected chi connectivity index (χ0v) is 21.5. The highest BCUT2D eigenvalue weighted by Crippen LogP contribution is 2.34. The van der Waals surface area contributed by atoms with Crippen molar-refractivity contribution in [1.29, 1.82) is 0 Å². The molecule has 4 aliphatic rings. The molecule has 1 unspecified atom stereocenters. The predicted octanol–water partition coefficient (Wildman–Crippen LogP) is 0.563. The third-order valence-electron chi connectivity index (χ3n) is 7.64. The van der Waals surface area contributed by atoms with Gasteiger partial charge in [-0.2, -0.15) is 9.61 Å². The Balaban J connectivity index is 1.24. The molecular formula is C26H32N8O4. The topological polar surface area (TPSA) is 125 Å². The molecule has 0 bridgehead atoms. The van der Waals surface area contributed by atoms with Crippen LogP contribution in [0.25, 0.3) is 11.2 Å². The Kier molecular flexibility index (Phi) is 6.50. The Morgan fingerprint density at radius 2 is 2.11 bits per heavy atom. The second kappa shape index (κ2) is 10.1. The van der Waals surface area contributed by atoms with Crippen molar-refractivity contribution in [2.45, 2.75) is 31.2 Å². The number of allylic oxidation sites excluding steroid dienone is 2. The van der Waals surface area contributed by atoms with Crippen LogP contribution in [0.5, 0.6) is 0 Å². The maximum absolute atomic E-state index is 13.1. The molecule has 2 aromatic rings. The summed E-state index contributed by atoms with van der Waals surface area (Å²) in [6, 6.07) is 1.90. The molecule has 2 fully saturated rings. The number of morpholine rings is 1. The molecule has 1 aliphatic carbocycles. The number of ether oxygens (including phenoxy) is 2. The fraction of sp³-hybridized carbons (Fsp3) is 0.462. The van der Waals surface area contributed by atoms with E-state index < -0.39 is 0 Å². The van der Waals surface area contributed by atoms with E-state index in [0.717, 1.165) is 24.0 Å². The number of methoxy groups -OCH3 is 1. The summed E-state index contributed by atoms with van der Waals surface area (Å²) < 4.78 is 12.4. The van der Waals surface area contributed by atoms with Gasteiger partial charge >= 0.3 is 0 Å². The number of hydrogen-bond donors (Lipinski definition) is 3. The van der Waals surface area contributed by atoms with Gasteiger partial charge in [0, 0.05) is 56.9 Å². The molecule has 5 heterocycles. The number of aromatic nitrogens is 3. The van der Waals surface area contributed by atoms with E-state index in [1.807, 2.05) is 47.5 Å². The van der Waals surface area contributed by atoms with E-state index in [1.54, 1.807) is 17.8 Å². The number of nitrogens with zero attached hydrogens (tertiary/aromatic N) is 5. The molecule has 0 radical (unpaired) electrons. The largest absolute Gasteiger partial charge is 0.379 e. The average Bonchev–Trinajstić information content (AvgIpc) is 3.56. The summed E-state index contributed by atoms with van der Waals surface area (Å²) in [6.45, 7) is 2.64. The van der Waals surface area contributed by atoms with Crippen molar-refractivity contribution in [2.75, 3.05) is 52.3 Å². The van der Waals surface area contributed by atoms with Crippen LogP contribution in [0.1, 0.15) is 28.9 Å². The van der Waals surface area contributed by atoms with Crippen LogP contribution in [0.4, 0.5) is 5.82 Å². The second-order valence-electron chi connectivity index (χ2n) is 9.76. The fourth-order valence-corrected chi connectivity index (χ4v) is 5.32. The van der Waals surface area contributed by atoms with E-state index in [9.17, 15) is 9.59 Å². The van der Waals surface area contributed by atoms with Crippen molar-refractivity contribution in [3.63, 3.8) is 0 Å². The Bertz CT molecular complexity index is 1340. The first-order chi connectivity index (χ1) is 18.6. The van der Waals surface area contributed by atoms with Gasteiger partial charge in [-0.25, -0.2) is 4.98 Å². The van der Waals surface area contributed by atoms with Crippen molar-refractivity contribution >= 4 is 28.9 Å². The normalized spacial score (nSPS) is 24.3. The van der Waals surface area contributed by atoms with Gasteiger partial charge in [0.1, 0.15) is 17.5 Å². The summed E-state index contributed by atoms with van der Waals surface area (Å²) in [6.07, 6.45) is 11.0. The van der Waals surface area contributed by atoms with Crippen LogP contribution in [0.2, 0.25) is 0 Å². The first kappa shape index (κ1) is 24.4. The lowest BCUT2D eigenvalue weighted by molar-refractivity contribution is -0.136. The minimum absolute atomic E-state index is 0.0118. The van der Waals surface area contributed by atoms with Crippen molar-refractivity contribution in [1.82, 2.24) is 35.0 Å². The van der Waals surface area contributed by atoms with E-state index in [-0.39, 0.29) is 36.7 Å². The van der Waals surface area contributed by atoms with Gasteiger partial charge in [-0.3, -0.25) is 9.59 Å². The summed E-state index contributed by atoms with van der Waals surface area (Å²) in [5.41, 5.74) is 3.47. The summed E-state index contributed by atoms with van der Waals surface area (Å²) in [7, 11) is 3.47. The molecule has 0 spiro atoms. The van der Waals surface area contributed by atoms with Gasteiger partial charge < -0.3 is 35.2 Å². The summed E-state index contributed by atoms with van der Waals surface area (Å²) in [5, 5.41) is 14.1. The lowest BCUT2D eigenvalue weighted by atomic mass is 9.89. The van der Waals surface area contributed by atoms with Crippen LogP contribution < -0.4 is 16.0 Å². The van der Waals surface area contributed by atoms with Gasteiger partial charge in [0.05, 0.1) is 43.8 Å². The van der Waals surface area contributed by atoms with Crippen molar-refractivity contribution < 1.29 is 19.1 Å². The third kappa shape index (κ3) is 4.29. The molecule has 3 atom stereocenters. The Labute approximate surface area is 220 Å². The number of amides is 2. The van der Waals surface area contributed by atoms with Crippen LogP contribution in [-0.4, -0.2) is 102 Å². The second-order valence-corrected chi connectivity index (χ2v) is 9.76. The average molecular weight is 521 g/mol. The SMILES string of the molecule is CNc1cc(C2=CNC3C2=CC=CN3CC(=O)N2CCOCC2)nc2c(C(=O)N[C@H]3CC[C@@H]3OC)cnn12. The lowest BCUT2D eigenvalue weighted by Crippen LogP contribution is -2.51. The maximum atomic E-state index is 13.1. The molecule has 38 heavy (non-hydrogen) atoms. The number of carbonyl (C=O) groups excluding carboxylic acids is 2. The van der Waals surface area contributed by atoms with E-state index in [2.05, 4.69) is 21.0 Å². The number of nitrogens with one attached hydrogen (secondary N) is 3. The molecule has 3 N–H and O–H groups in total. The van der Waals surface area contributed by atoms with Crippen LogP contribution in [0, 0.1) is 0 Å². The minimum Gasteiger partial charge on any atom is -0.379 e. The quantitative estimate of drug-likeness (QED) is 0.480. The molecule has 3 aliphatic heterocycles. The van der Waals surface area contributed by atoms with Gasteiger partial charge in [-0.1, -0.05) is 6.08 Å². The molecule has 2 aromatic heterocycles. The van der Waals surface area contributed by atoms with Gasteiger partial charge in [-0.15, -0.1) is 0 Å². The van der Waals surface area contributed by atoms with Gasteiger partial charge in [0.15, 0.2) is 5.65 Å². The highest BCUT2D eigenvalue weighted by Gasteiger charge is 2.34. The smallest absolute Gasteiger partial charge is 0.257 e. The molecule has 1 saturated carbocycles. The third-order valence-corrected chi connectivity index (χ3v) is 7.64. The summed E-state index contributed by atoms with van der Waals surface area (Å²) in [4.78, 5) is 34.8. The number of hydrogen-bond acceptors (Lipinski definition) is 9. The van der Waals surface area contributed by atoms with Crippen molar-refractivity contribution in [3.05, 3.63) is 53.6 Å². The highest BCUT2D eigenvalue weighted by molar-refractivity contribution is 6.00. The maximum Gasteiger partial charge on any atom is 0.257 e. The number of rotatable bonds is 7. The van der Waals surface area contributed by atoms with E-state index in [1.165, 1.54) is 0 Å². The first-order valence-corrected chi connectivity index (χ1v) is 12.9. The molecule has 6 rings (SSSR count). The molecular weight excluding hydrogens is 488 g/mol. The fourth-order valence-electron chi connectivity index (χ4n) is 5.32. The predicted molar refractivity (Wildman–Crippen MR) is 140 cm³/mol. The van der Waals surface area contributed by atoms with Crippen molar-refractivity contribution in [2.24, 2.45) is 0 Å².